The summed E-state index contributed by atoms with van der Waals surface area (Å²) in [7, 11) is 0. The second-order valence-corrected chi connectivity index (χ2v) is 14.2. The number of aromatic nitrogens is 2. The molecule has 0 aliphatic carbocycles. The fraction of sp³-hybridized carbons (Fsp3) is 0. The van der Waals surface area contributed by atoms with Crippen molar-refractivity contribution in [1.82, 2.24) is 9.97 Å². The lowest BCUT2D eigenvalue weighted by atomic mass is 9.92. The highest BCUT2D eigenvalue weighted by atomic mass is 15.2. The Bertz CT molecular complexity index is 2980. The molecular weight excluding hydrogens is 657 g/mol. The monoisotopic (exact) mass is 686 g/mol. The molecule has 0 radical (unpaired) electrons. The van der Waals surface area contributed by atoms with E-state index < -0.39 is 0 Å². The van der Waals surface area contributed by atoms with E-state index in [1.165, 1.54) is 32.3 Å². The van der Waals surface area contributed by atoms with Gasteiger partial charge in [-0.25, -0.2) is 9.97 Å². The topological polar surface area (TPSA) is 32.3 Å². The van der Waals surface area contributed by atoms with E-state index in [1.807, 2.05) is 0 Å². The summed E-state index contributed by atoms with van der Waals surface area (Å²) < 4.78 is 0. The number of pyridine rings is 2. The summed E-state index contributed by atoms with van der Waals surface area (Å²) >= 11 is 0. The van der Waals surface area contributed by atoms with Crippen molar-refractivity contribution in [2.75, 3.05) is 9.80 Å². The normalized spacial score (nSPS) is 12.7. The predicted octanol–water partition coefficient (Wildman–Crippen LogP) is 13.7. The van der Waals surface area contributed by atoms with Crippen LogP contribution in [0.25, 0.3) is 77.0 Å². The first-order valence-electron chi connectivity index (χ1n) is 18.4. The number of hydrogen-bond donors (Lipinski definition) is 0. The molecule has 0 saturated heterocycles. The van der Waals surface area contributed by atoms with Crippen LogP contribution in [0.4, 0.5) is 34.1 Å². The molecule has 0 amide bonds. The summed E-state index contributed by atoms with van der Waals surface area (Å²) in [5.41, 5.74) is 15.4. The van der Waals surface area contributed by atoms with E-state index in [9.17, 15) is 0 Å². The molecule has 10 aromatic rings. The van der Waals surface area contributed by atoms with Crippen LogP contribution in [0.1, 0.15) is 0 Å². The summed E-state index contributed by atoms with van der Waals surface area (Å²) in [6.45, 7) is 0. The molecule has 2 aliphatic rings. The van der Waals surface area contributed by atoms with E-state index in [-0.39, 0.29) is 0 Å². The van der Waals surface area contributed by atoms with Crippen LogP contribution < -0.4 is 9.80 Å². The Morgan fingerprint density at radius 3 is 1.20 bits per heavy atom. The van der Waals surface area contributed by atoms with Gasteiger partial charge in [-0.2, -0.15) is 0 Å². The summed E-state index contributed by atoms with van der Waals surface area (Å²) in [6, 6.07) is 65.4. The van der Waals surface area contributed by atoms with Crippen molar-refractivity contribution in [2.45, 2.75) is 0 Å². The molecule has 0 saturated carbocycles. The maximum absolute atomic E-state index is 5.25. The van der Waals surface area contributed by atoms with Gasteiger partial charge in [-0.15, -0.1) is 0 Å². The zero-order valence-electron chi connectivity index (χ0n) is 29.1. The maximum atomic E-state index is 5.25. The van der Waals surface area contributed by atoms with Crippen molar-refractivity contribution in [3.05, 3.63) is 182 Å². The second-order valence-electron chi connectivity index (χ2n) is 14.2. The molecule has 0 unspecified atom stereocenters. The smallest absolute Gasteiger partial charge is 0.0830 e. The molecule has 2 aromatic heterocycles. The maximum Gasteiger partial charge on any atom is 0.0830 e. The summed E-state index contributed by atoms with van der Waals surface area (Å²) in [4.78, 5) is 15.3. The molecule has 12 rings (SSSR count). The van der Waals surface area contributed by atoms with Crippen LogP contribution in [0.2, 0.25) is 0 Å². The molecule has 8 aromatic carbocycles. The lowest BCUT2D eigenvalue weighted by molar-refractivity contribution is 1.26. The predicted molar refractivity (Wildman–Crippen MR) is 225 cm³/mol. The zero-order valence-corrected chi connectivity index (χ0v) is 29.1. The van der Waals surface area contributed by atoms with Gasteiger partial charge in [0.1, 0.15) is 0 Å². The number of fused-ring (bicyclic) bond motifs is 8. The van der Waals surface area contributed by atoms with Crippen molar-refractivity contribution in [3.8, 4) is 33.6 Å². The van der Waals surface area contributed by atoms with E-state index in [0.29, 0.717) is 0 Å². The van der Waals surface area contributed by atoms with Crippen molar-refractivity contribution in [3.63, 3.8) is 0 Å². The largest absolute Gasteiger partial charge is 0.309 e. The van der Waals surface area contributed by atoms with Crippen molar-refractivity contribution in [1.29, 1.82) is 0 Å². The molecular formula is C50H30N4. The molecule has 4 heterocycles. The molecule has 0 fully saturated rings. The minimum absolute atomic E-state index is 1.02. The Hall–Kier alpha value is -7.30. The summed E-state index contributed by atoms with van der Waals surface area (Å²) in [6.07, 6.45) is 0. The molecule has 4 nitrogen and oxygen atoms in total. The Morgan fingerprint density at radius 1 is 0.315 bits per heavy atom. The fourth-order valence-electron chi connectivity index (χ4n) is 8.94. The highest BCUT2D eigenvalue weighted by molar-refractivity contribution is 6.21. The number of anilines is 6. The van der Waals surface area contributed by atoms with Crippen LogP contribution >= 0.6 is 0 Å². The van der Waals surface area contributed by atoms with Gasteiger partial charge in [0.15, 0.2) is 0 Å². The Morgan fingerprint density at radius 2 is 0.704 bits per heavy atom. The van der Waals surface area contributed by atoms with Gasteiger partial charge in [0.05, 0.1) is 45.2 Å². The van der Waals surface area contributed by atoms with Crippen LogP contribution in [0.15, 0.2) is 182 Å². The molecule has 0 atom stereocenters. The van der Waals surface area contributed by atoms with Crippen LogP contribution in [-0.2, 0) is 0 Å². The van der Waals surface area contributed by atoms with Gasteiger partial charge in [0.25, 0.3) is 0 Å². The Labute approximate surface area is 311 Å². The number of rotatable bonds is 3. The standard InChI is InChI=1S/C50H30N4/c1-5-23-41-35(17-1)37-21-11-27-45-47(37)49(51-41)39-19-3-7-25-43(39)53(45)33-15-9-13-31(29-33)32-14-10-16-34(30-32)54-44-26-8-4-20-40(44)50-48-38(22-12-28-46(48)54)36-18-2-6-24-42(36)52-50/h1-30H. The van der Waals surface area contributed by atoms with E-state index in [4.69, 9.17) is 9.97 Å². The van der Waals surface area contributed by atoms with Gasteiger partial charge >= 0.3 is 0 Å². The van der Waals surface area contributed by atoms with Crippen LogP contribution in [0, 0.1) is 0 Å². The SMILES string of the molecule is c1cc(-c2cccc(N3c4ccccc4-c4nc5ccccc5c5cccc3c45)c2)cc(N2c3ccccc3-c3nc4ccccc4c4cccc2c34)c1. The van der Waals surface area contributed by atoms with Gasteiger partial charge < -0.3 is 9.80 Å². The minimum atomic E-state index is 1.02. The van der Waals surface area contributed by atoms with Gasteiger partial charge in [0, 0.05) is 44.0 Å². The average molecular weight is 687 g/mol. The van der Waals surface area contributed by atoms with Crippen LogP contribution in [0.3, 0.4) is 0 Å². The third-order valence-corrected chi connectivity index (χ3v) is 11.2. The molecule has 0 N–H and O–H groups in total. The molecule has 54 heavy (non-hydrogen) atoms. The van der Waals surface area contributed by atoms with Crippen molar-refractivity contribution < 1.29 is 0 Å². The van der Waals surface area contributed by atoms with E-state index in [1.54, 1.807) is 0 Å². The summed E-state index contributed by atoms with van der Waals surface area (Å²) in [5.74, 6) is 0. The van der Waals surface area contributed by atoms with Crippen molar-refractivity contribution >= 4 is 77.5 Å². The lowest BCUT2D eigenvalue weighted by Gasteiger charge is -2.34. The van der Waals surface area contributed by atoms with E-state index >= 15 is 0 Å². The molecule has 4 heteroatoms. The van der Waals surface area contributed by atoms with E-state index in [2.05, 4.69) is 192 Å². The van der Waals surface area contributed by atoms with Gasteiger partial charge in [-0.1, -0.05) is 121 Å². The molecule has 250 valence electrons. The lowest BCUT2D eigenvalue weighted by Crippen LogP contribution is -2.16. The Kier molecular flexibility index (Phi) is 6.02. The number of hydrogen-bond acceptors (Lipinski definition) is 4. The fourth-order valence-corrected chi connectivity index (χ4v) is 8.94. The quantitative estimate of drug-likeness (QED) is 0.173. The number of para-hydroxylation sites is 4. The molecule has 2 aliphatic heterocycles. The molecule has 0 spiro atoms. The highest BCUT2D eigenvalue weighted by Crippen LogP contribution is 2.53. The number of benzene rings is 8. The zero-order chi connectivity index (χ0) is 35.3. The number of nitrogens with zero attached hydrogens (tertiary/aromatic N) is 4. The first kappa shape index (κ1) is 29.3. The van der Waals surface area contributed by atoms with Gasteiger partial charge in [-0.3, -0.25) is 0 Å². The van der Waals surface area contributed by atoms with E-state index in [0.717, 1.165) is 78.8 Å². The van der Waals surface area contributed by atoms with Crippen molar-refractivity contribution in [2.24, 2.45) is 0 Å². The van der Waals surface area contributed by atoms with Gasteiger partial charge in [0.2, 0.25) is 0 Å². The average Bonchev–Trinajstić information content (AvgIpc) is 3.24. The Balaban J connectivity index is 1.03. The minimum Gasteiger partial charge on any atom is -0.309 e. The first-order valence-corrected chi connectivity index (χ1v) is 18.4. The van der Waals surface area contributed by atoms with Crippen LogP contribution in [0.5, 0.6) is 0 Å². The third kappa shape index (κ3) is 4.08. The second kappa shape index (κ2) is 11.1. The van der Waals surface area contributed by atoms with Gasteiger partial charge in [-0.05, 0) is 82.6 Å². The van der Waals surface area contributed by atoms with Crippen LogP contribution in [-0.4, -0.2) is 9.97 Å². The summed E-state index contributed by atoms with van der Waals surface area (Å²) in [5, 5.41) is 7.15. The third-order valence-electron chi connectivity index (χ3n) is 11.2. The highest BCUT2D eigenvalue weighted by Gasteiger charge is 2.29. The molecule has 0 bridgehead atoms. The first-order chi connectivity index (χ1) is 26.8.